The molecular formula is C20H24ClN3O2. The molecule has 0 spiro atoms. The van der Waals surface area contributed by atoms with Crippen LogP contribution in [0, 0.1) is 5.92 Å². The van der Waals surface area contributed by atoms with Crippen LogP contribution in [-0.2, 0) is 0 Å². The highest BCUT2D eigenvalue weighted by Gasteiger charge is 2.22. The molecule has 2 aromatic rings. The minimum absolute atomic E-state index is 0.150. The van der Waals surface area contributed by atoms with E-state index >= 15 is 0 Å². The van der Waals surface area contributed by atoms with Crippen molar-refractivity contribution in [1.82, 2.24) is 10.6 Å². The molecule has 3 rings (SSSR count). The van der Waals surface area contributed by atoms with E-state index in [1.807, 2.05) is 6.07 Å². The van der Waals surface area contributed by atoms with Gasteiger partial charge in [-0.05, 0) is 48.7 Å². The van der Waals surface area contributed by atoms with E-state index in [1.165, 1.54) is 5.69 Å². The van der Waals surface area contributed by atoms with Crippen LogP contribution >= 0.6 is 11.6 Å². The Labute approximate surface area is 159 Å². The van der Waals surface area contributed by atoms with Crippen LogP contribution in [-0.4, -0.2) is 38.8 Å². The van der Waals surface area contributed by atoms with E-state index in [0.29, 0.717) is 30.6 Å². The van der Waals surface area contributed by atoms with Crippen molar-refractivity contribution in [2.24, 2.45) is 5.92 Å². The first kappa shape index (κ1) is 18.4. The highest BCUT2D eigenvalue weighted by Crippen LogP contribution is 2.22. The largest absolute Gasteiger partial charge is 0.492 e. The molecule has 2 aromatic carbocycles. The number of urea groups is 1. The Morgan fingerprint density at radius 1 is 1.12 bits per heavy atom. The van der Waals surface area contributed by atoms with Crippen LogP contribution in [0.3, 0.4) is 0 Å². The molecule has 1 aliphatic rings. The summed E-state index contributed by atoms with van der Waals surface area (Å²) in [5, 5.41) is 6.44. The first-order valence-corrected chi connectivity index (χ1v) is 9.28. The summed E-state index contributed by atoms with van der Waals surface area (Å²) in [6.45, 7) is 3.57. The van der Waals surface area contributed by atoms with Crippen molar-refractivity contribution in [3.63, 3.8) is 0 Å². The third-order valence-electron chi connectivity index (χ3n) is 4.43. The van der Waals surface area contributed by atoms with E-state index in [2.05, 4.69) is 39.8 Å². The van der Waals surface area contributed by atoms with Crippen LogP contribution in [0.1, 0.15) is 6.42 Å². The summed E-state index contributed by atoms with van der Waals surface area (Å²) in [5.74, 6) is 1.22. The van der Waals surface area contributed by atoms with Crippen molar-refractivity contribution in [1.29, 1.82) is 0 Å². The first-order valence-electron chi connectivity index (χ1n) is 8.91. The third-order valence-corrected chi connectivity index (χ3v) is 4.68. The number of halogens is 1. The molecule has 0 bridgehead atoms. The zero-order chi connectivity index (χ0) is 18.2. The third kappa shape index (κ3) is 5.56. The van der Waals surface area contributed by atoms with Crippen molar-refractivity contribution in [2.45, 2.75) is 6.42 Å². The molecule has 1 fully saturated rings. The smallest absolute Gasteiger partial charge is 0.314 e. The minimum Gasteiger partial charge on any atom is -0.492 e. The molecular weight excluding hydrogens is 350 g/mol. The van der Waals surface area contributed by atoms with Crippen molar-refractivity contribution in [2.75, 3.05) is 37.7 Å². The summed E-state index contributed by atoms with van der Waals surface area (Å²) in [5.41, 5.74) is 1.25. The SMILES string of the molecule is O=C(NCCOc1ccc(Cl)cc1)NCC1CCN(c2ccccc2)C1. The molecule has 138 valence electrons. The van der Waals surface area contributed by atoms with Crippen LogP contribution in [0.25, 0.3) is 0 Å². The number of carbonyl (C=O) groups is 1. The molecule has 1 heterocycles. The Morgan fingerprint density at radius 3 is 2.65 bits per heavy atom. The second-order valence-electron chi connectivity index (χ2n) is 6.38. The van der Waals surface area contributed by atoms with Crippen LogP contribution in [0.2, 0.25) is 5.02 Å². The predicted octanol–water partition coefficient (Wildman–Crippen LogP) is 3.54. The van der Waals surface area contributed by atoms with E-state index in [0.717, 1.165) is 25.3 Å². The van der Waals surface area contributed by atoms with Crippen LogP contribution < -0.4 is 20.3 Å². The highest BCUT2D eigenvalue weighted by atomic mass is 35.5. The lowest BCUT2D eigenvalue weighted by molar-refractivity contribution is 0.235. The average molecular weight is 374 g/mol. The first-order chi connectivity index (χ1) is 12.7. The van der Waals surface area contributed by atoms with Gasteiger partial charge in [0.05, 0.1) is 6.54 Å². The van der Waals surface area contributed by atoms with Gasteiger partial charge in [0, 0.05) is 30.3 Å². The van der Waals surface area contributed by atoms with Gasteiger partial charge in [-0.25, -0.2) is 4.79 Å². The molecule has 1 unspecified atom stereocenters. The fraction of sp³-hybridized carbons (Fsp3) is 0.350. The molecule has 0 saturated carbocycles. The highest BCUT2D eigenvalue weighted by molar-refractivity contribution is 6.30. The number of carbonyl (C=O) groups excluding carboxylic acids is 1. The topological polar surface area (TPSA) is 53.6 Å². The summed E-state index contributed by atoms with van der Waals surface area (Å²) in [7, 11) is 0. The quantitative estimate of drug-likeness (QED) is 0.730. The molecule has 1 aliphatic heterocycles. The van der Waals surface area contributed by atoms with E-state index in [4.69, 9.17) is 16.3 Å². The van der Waals surface area contributed by atoms with Crippen LogP contribution in [0.5, 0.6) is 5.75 Å². The number of hydrogen-bond acceptors (Lipinski definition) is 3. The number of ether oxygens (including phenoxy) is 1. The Morgan fingerprint density at radius 2 is 1.88 bits per heavy atom. The number of anilines is 1. The Kier molecular flexibility index (Phi) is 6.61. The number of benzene rings is 2. The van der Waals surface area contributed by atoms with Crippen molar-refractivity contribution in [3.8, 4) is 5.75 Å². The molecule has 1 saturated heterocycles. The van der Waals surface area contributed by atoms with Gasteiger partial charge in [0.25, 0.3) is 0 Å². The summed E-state index contributed by atoms with van der Waals surface area (Å²) in [6.07, 6.45) is 1.09. The summed E-state index contributed by atoms with van der Waals surface area (Å²) in [6, 6.07) is 17.4. The van der Waals surface area contributed by atoms with Crippen molar-refractivity contribution >= 4 is 23.3 Å². The van der Waals surface area contributed by atoms with Gasteiger partial charge in [-0.3, -0.25) is 0 Å². The Balaban J connectivity index is 1.29. The van der Waals surface area contributed by atoms with Crippen molar-refractivity contribution in [3.05, 3.63) is 59.6 Å². The molecule has 0 aromatic heterocycles. The number of nitrogens with one attached hydrogen (secondary N) is 2. The molecule has 1 atom stereocenters. The van der Waals surface area contributed by atoms with E-state index in [-0.39, 0.29) is 6.03 Å². The lowest BCUT2D eigenvalue weighted by Crippen LogP contribution is -2.40. The van der Waals surface area contributed by atoms with Gasteiger partial charge >= 0.3 is 6.03 Å². The molecule has 0 radical (unpaired) electrons. The zero-order valence-corrected chi connectivity index (χ0v) is 15.4. The maximum absolute atomic E-state index is 11.9. The van der Waals surface area contributed by atoms with E-state index in [1.54, 1.807) is 24.3 Å². The van der Waals surface area contributed by atoms with E-state index < -0.39 is 0 Å². The summed E-state index contributed by atoms with van der Waals surface area (Å²) < 4.78 is 5.54. The van der Waals surface area contributed by atoms with Gasteiger partial charge < -0.3 is 20.3 Å². The Hall–Kier alpha value is -2.40. The number of rotatable bonds is 7. The normalized spacial score (nSPS) is 16.3. The van der Waals surface area contributed by atoms with Gasteiger partial charge in [0.1, 0.15) is 12.4 Å². The van der Waals surface area contributed by atoms with E-state index in [9.17, 15) is 4.79 Å². The number of nitrogens with zero attached hydrogens (tertiary/aromatic N) is 1. The summed E-state index contributed by atoms with van der Waals surface area (Å²) in [4.78, 5) is 14.3. The molecule has 5 nitrogen and oxygen atoms in total. The number of amides is 2. The van der Waals surface area contributed by atoms with Crippen LogP contribution in [0.15, 0.2) is 54.6 Å². The Bertz CT molecular complexity index is 694. The summed E-state index contributed by atoms with van der Waals surface area (Å²) >= 11 is 5.82. The van der Waals surface area contributed by atoms with Gasteiger partial charge in [-0.1, -0.05) is 29.8 Å². The molecule has 2 N–H and O–H groups in total. The van der Waals surface area contributed by atoms with Gasteiger partial charge in [-0.2, -0.15) is 0 Å². The van der Waals surface area contributed by atoms with Gasteiger partial charge in [0.2, 0.25) is 0 Å². The lowest BCUT2D eigenvalue weighted by atomic mass is 10.1. The maximum atomic E-state index is 11.9. The number of hydrogen-bond donors (Lipinski definition) is 2. The fourth-order valence-electron chi connectivity index (χ4n) is 3.04. The predicted molar refractivity (Wildman–Crippen MR) is 105 cm³/mol. The number of para-hydroxylation sites is 1. The van der Waals surface area contributed by atoms with Gasteiger partial charge in [-0.15, -0.1) is 0 Å². The minimum atomic E-state index is -0.150. The standard InChI is InChI=1S/C20H24ClN3O2/c21-17-6-8-19(9-7-17)26-13-11-22-20(25)23-14-16-10-12-24(15-16)18-4-2-1-3-5-18/h1-9,16H,10-15H2,(H2,22,23,25). The maximum Gasteiger partial charge on any atom is 0.314 e. The monoisotopic (exact) mass is 373 g/mol. The zero-order valence-electron chi connectivity index (χ0n) is 14.7. The second-order valence-corrected chi connectivity index (χ2v) is 6.81. The van der Waals surface area contributed by atoms with Gasteiger partial charge in [0.15, 0.2) is 0 Å². The molecule has 6 heteroatoms. The molecule has 26 heavy (non-hydrogen) atoms. The van der Waals surface area contributed by atoms with Crippen molar-refractivity contribution < 1.29 is 9.53 Å². The molecule has 0 aliphatic carbocycles. The lowest BCUT2D eigenvalue weighted by Gasteiger charge is -2.18. The fourth-order valence-corrected chi connectivity index (χ4v) is 3.16. The average Bonchev–Trinajstić information content (AvgIpc) is 3.15. The molecule has 2 amide bonds. The van der Waals surface area contributed by atoms with Crippen LogP contribution in [0.4, 0.5) is 10.5 Å². The second kappa shape index (κ2) is 9.34.